The van der Waals surface area contributed by atoms with Crippen LogP contribution in [0.4, 0.5) is 0 Å². The summed E-state index contributed by atoms with van der Waals surface area (Å²) in [6.45, 7) is 2.07. The number of carbonyl (C=O) groups excluding carboxylic acids is 2. The summed E-state index contributed by atoms with van der Waals surface area (Å²) < 4.78 is 11.9. The average molecular weight is 442 g/mol. The van der Waals surface area contributed by atoms with Gasteiger partial charge in [-0.2, -0.15) is 0 Å². The van der Waals surface area contributed by atoms with E-state index in [2.05, 4.69) is 15.9 Å². The Hall–Kier alpha value is -2.86. The second-order valence-corrected chi connectivity index (χ2v) is 7.22. The molecule has 0 radical (unpaired) electrons. The molecule has 0 atom stereocenters. The molecule has 0 saturated carbocycles. The molecule has 3 rings (SSSR count). The molecule has 28 heavy (non-hydrogen) atoms. The number of amides is 1. The minimum Gasteiger partial charge on any atom is -0.483 e. The lowest BCUT2D eigenvalue weighted by Gasteiger charge is -2.22. The first kappa shape index (κ1) is 19.9. The number of nitrogens with zero attached hydrogens (tertiary/aromatic N) is 1. The zero-order valence-electron chi connectivity index (χ0n) is 15.4. The fourth-order valence-corrected chi connectivity index (χ4v) is 3.12. The molecule has 0 N–H and O–H groups in total. The summed E-state index contributed by atoms with van der Waals surface area (Å²) in [5.41, 5.74) is 1.44. The van der Waals surface area contributed by atoms with E-state index >= 15 is 0 Å². The summed E-state index contributed by atoms with van der Waals surface area (Å²) in [5.74, 6) is 0.761. The van der Waals surface area contributed by atoms with Gasteiger partial charge in [-0.3, -0.25) is 9.59 Å². The molecular weight excluding hydrogens is 422 g/mol. The van der Waals surface area contributed by atoms with Crippen LogP contribution >= 0.6 is 15.9 Å². The normalized spacial score (nSPS) is 10.5. The molecule has 0 aliphatic heterocycles. The zero-order chi connectivity index (χ0) is 19.9. The molecule has 6 heteroatoms. The second kappa shape index (κ2) is 9.37. The van der Waals surface area contributed by atoms with E-state index < -0.39 is 0 Å². The van der Waals surface area contributed by atoms with E-state index in [1.54, 1.807) is 35.4 Å². The average Bonchev–Trinajstić information content (AvgIpc) is 3.20. The number of hydrogen-bond acceptors (Lipinski definition) is 4. The standard InChI is InChI=1S/C22H20BrNO4/c1-16(25)20-12-18(23)9-10-21(20)28-15-22(26)24(14-19-8-5-11-27-19)13-17-6-3-2-4-7-17/h2-12H,13-15H2,1H3. The predicted molar refractivity (Wildman–Crippen MR) is 109 cm³/mol. The van der Waals surface area contributed by atoms with Crippen molar-refractivity contribution in [1.29, 1.82) is 0 Å². The van der Waals surface area contributed by atoms with Crippen molar-refractivity contribution in [2.45, 2.75) is 20.0 Å². The van der Waals surface area contributed by atoms with E-state index in [0.717, 1.165) is 10.0 Å². The van der Waals surface area contributed by atoms with Crippen molar-refractivity contribution in [3.05, 3.63) is 88.3 Å². The summed E-state index contributed by atoms with van der Waals surface area (Å²) in [5, 5.41) is 0. The number of furan rings is 1. The number of hydrogen-bond donors (Lipinski definition) is 0. The Morgan fingerprint density at radius 3 is 2.50 bits per heavy atom. The molecule has 1 heterocycles. The topological polar surface area (TPSA) is 59.8 Å². The monoisotopic (exact) mass is 441 g/mol. The van der Waals surface area contributed by atoms with E-state index in [4.69, 9.17) is 9.15 Å². The molecule has 5 nitrogen and oxygen atoms in total. The van der Waals surface area contributed by atoms with Crippen LogP contribution in [-0.4, -0.2) is 23.2 Å². The van der Waals surface area contributed by atoms with Gasteiger partial charge in [0, 0.05) is 11.0 Å². The molecule has 1 amide bonds. The molecule has 0 fully saturated rings. The minimum atomic E-state index is -0.197. The highest BCUT2D eigenvalue weighted by Gasteiger charge is 2.18. The molecule has 0 unspecified atom stereocenters. The number of benzene rings is 2. The summed E-state index contributed by atoms with van der Waals surface area (Å²) in [6.07, 6.45) is 1.58. The summed E-state index contributed by atoms with van der Waals surface area (Å²) in [6, 6.07) is 18.5. The van der Waals surface area contributed by atoms with Crippen LogP contribution in [0.25, 0.3) is 0 Å². The van der Waals surface area contributed by atoms with E-state index in [1.807, 2.05) is 36.4 Å². The SMILES string of the molecule is CC(=O)c1cc(Br)ccc1OCC(=O)N(Cc1ccccc1)Cc1ccco1. The highest BCUT2D eigenvalue weighted by Crippen LogP contribution is 2.24. The number of ketones is 1. The Bertz CT molecular complexity index is 938. The van der Waals surface area contributed by atoms with Gasteiger partial charge < -0.3 is 14.1 Å². The predicted octanol–water partition coefficient (Wildman–Crippen LogP) is 4.85. The van der Waals surface area contributed by atoms with Gasteiger partial charge in [-0.1, -0.05) is 46.3 Å². The number of Topliss-reactive ketones (excluding diaryl/α,β-unsaturated/α-hetero) is 1. The van der Waals surface area contributed by atoms with Gasteiger partial charge in [0.05, 0.1) is 18.4 Å². The third-order valence-electron chi connectivity index (χ3n) is 4.17. The smallest absolute Gasteiger partial charge is 0.261 e. The van der Waals surface area contributed by atoms with Gasteiger partial charge in [0.25, 0.3) is 5.91 Å². The maximum atomic E-state index is 12.9. The van der Waals surface area contributed by atoms with Crippen molar-refractivity contribution in [1.82, 2.24) is 4.90 Å². The van der Waals surface area contributed by atoms with Crippen LogP contribution in [0.1, 0.15) is 28.6 Å². The van der Waals surface area contributed by atoms with Gasteiger partial charge in [0.1, 0.15) is 11.5 Å². The quantitative estimate of drug-likeness (QED) is 0.468. The third kappa shape index (κ3) is 5.33. The zero-order valence-corrected chi connectivity index (χ0v) is 17.0. The van der Waals surface area contributed by atoms with Crippen LogP contribution in [0.2, 0.25) is 0 Å². The van der Waals surface area contributed by atoms with E-state index in [0.29, 0.717) is 30.2 Å². The molecule has 0 saturated heterocycles. The van der Waals surface area contributed by atoms with Gasteiger partial charge in [0.15, 0.2) is 12.4 Å². The van der Waals surface area contributed by atoms with Crippen LogP contribution in [0, 0.1) is 0 Å². The number of ether oxygens (including phenoxy) is 1. The van der Waals surface area contributed by atoms with Crippen LogP contribution in [-0.2, 0) is 17.9 Å². The minimum absolute atomic E-state index is 0.125. The molecule has 2 aromatic carbocycles. The van der Waals surface area contributed by atoms with Crippen LogP contribution in [0.15, 0.2) is 75.8 Å². The second-order valence-electron chi connectivity index (χ2n) is 6.30. The maximum absolute atomic E-state index is 12.9. The molecule has 144 valence electrons. The van der Waals surface area contributed by atoms with Crippen molar-refractivity contribution in [2.24, 2.45) is 0 Å². The molecule has 0 bridgehead atoms. The third-order valence-corrected chi connectivity index (χ3v) is 4.66. The van der Waals surface area contributed by atoms with Crippen molar-refractivity contribution in [3.63, 3.8) is 0 Å². The maximum Gasteiger partial charge on any atom is 0.261 e. The molecule has 1 aromatic heterocycles. The Kier molecular flexibility index (Phi) is 6.66. The van der Waals surface area contributed by atoms with Crippen molar-refractivity contribution in [2.75, 3.05) is 6.61 Å². The fraction of sp³-hybridized carbons (Fsp3) is 0.182. The van der Waals surface area contributed by atoms with Gasteiger partial charge in [-0.05, 0) is 42.8 Å². The van der Waals surface area contributed by atoms with Gasteiger partial charge in [0.2, 0.25) is 0 Å². The van der Waals surface area contributed by atoms with Crippen molar-refractivity contribution < 1.29 is 18.7 Å². The first-order valence-corrected chi connectivity index (χ1v) is 9.59. The van der Waals surface area contributed by atoms with Gasteiger partial charge in [-0.25, -0.2) is 0 Å². The Morgan fingerprint density at radius 1 is 1.04 bits per heavy atom. The Morgan fingerprint density at radius 2 is 1.82 bits per heavy atom. The highest BCUT2D eigenvalue weighted by atomic mass is 79.9. The van der Waals surface area contributed by atoms with Crippen LogP contribution in [0.3, 0.4) is 0 Å². The lowest BCUT2D eigenvalue weighted by molar-refractivity contribution is -0.134. The lowest BCUT2D eigenvalue weighted by Crippen LogP contribution is -2.34. The van der Waals surface area contributed by atoms with E-state index in [1.165, 1.54) is 6.92 Å². The number of rotatable bonds is 8. The molecule has 0 spiro atoms. The fourth-order valence-electron chi connectivity index (χ4n) is 2.76. The summed E-state index contributed by atoms with van der Waals surface area (Å²) in [7, 11) is 0. The molecule has 3 aromatic rings. The highest BCUT2D eigenvalue weighted by molar-refractivity contribution is 9.10. The van der Waals surface area contributed by atoms with Gasteiger partial charge in [-0.15, -0.1) is 0 Å². The number of halogens is 1. The summed E-state index contributed by atoms with van der Waals surface area (Å²) in [4.78, 5) is 26.4. The molecular formula is C22H20BrNO4. The number of carbonyl (C=O) groups is 2. The van der Waals surface area contributed by atoms with E-state index in [9.17, 15) is 9.59 Å². The van der Waals surface area contributed by atoms with Crippen LogP contribution in [0.5, 0.6) is 5.75 Å². The Labute approximate surface area is 172 Å². The van der Waals surface area contributed by atoms with Crippen molar-refractivity contribution in [3.8, 4) is 5.75 Å². The molecule has 0 aliphatic rings. The lowest BCUT2D eigenvalue weighted by atomic mass is 10.1. The Balaban J connectivity index is 1.73. The largest absolute Gasteiger partial charge is 0.483 e. The van der Waals surface area contributed by atoms with Gasteiger partial charge >= 0.3 is 0 Å². The first-order valence-electron chi connectivity index (χ1n) is 8.80. The van der Waals surface area contributed by atoms with E-state index in [-0.39, 0.29) is 18.3 Å². The molecule has 0 aliphatic carbocycles. The summed E-state index contributed by atoms with van der Waals surface area (Å²) >= 11 is 3.34. The first-order chi connectivity index (χ1) is 13.5. The van der Waals surface area contributed by atoms with Crippen molar-refractivity contribution >= 4 is 27.6 Å². The van der Waals surface area contributed by atoms with Crippen LogP contribution < -0.4 is 4.74 Å².